The SMILES string of the molecule is CC(C)c1ccc(Oc2ncccc2/C(=N/O)n2ccnc2)cc1. The molecule has 6 heteroatoms. The van der Waals surface area contributed by atoms with Crippen LogP contribution in [-0.2, 0) is 0 Å². The van der Waals surface area contributed by atoms with E-state index < -0.39 is 0 Å². The van der Waals surface area contributed by atoms with Crippen LogP contribution in [0.2, 0.25) is 0 Å². The lowest BCUT2D eigenvalue weighted by Gasteiger charge is -2.12. The number of hydrogen-bond donors (Lipinski definition) is 1. The van der Waals surface area contributed by atoms with E-state index in [0.29, 0.717) is 23.1 Å². The molecule has 3 aromatic rings. The molecular formula is C18H18N4O2. The van der Waals surface area contributed by atoms with Gasteiger partial charge in [-0.25, -0.2) is 9.97 Å². The molecule has 6 nitrogen and oxygen atoms in total. The van der Waals surface area contributed by atoms with Crippen LogP contribution in [0.1, 0.15) is 30.9 Å². The summed E-state index contributed by atoms with van der Waals surface area (Å²) in [5, 5.41) is 12.8. The van der Waals surface area contributed by atoms with Crippen molar-refractivity contribution in [2.24, 2.45) is 5.16 Å². The number of hydrogen-bond acceptors (Lipinski definition) is 5. The summed E-state index contributed by atoms with van der Waals surface area (Å²) in [6.45, 7) is 4.28. The van der Waals surface area contributed by atoms with Crippen LogP contribution < -0.4 is 4.74 Å². The Morgan fingerprint density at radius 2 is 1.96 bits per heavy atom. The molecule has 0 bridgehead atoms. The predicted molar refractivity (Wildman–Crippen MR) is 90.8 cm³/mol. The van der Waals surface area contributed by atoms with Crippen LogP contribution in [0.3, 0.4) is 0 Å². The molecule has 0 aliphatic rings. The fourth-order valence-corrected chi connectivity index (χ4v) is 2.30. The Morgan fingerprint density at radius 3 is 2.58 bits per heavy atom. The van der Waals surface area contributed by atoms with Crippen molar-refractivity contribution in [1.82, 2.24) is 14.5 Å². The van der Waals surface area contributed by atoms with Gasteiger partial charge in [-0.1, -0.05) is 31.1 Å². The van der Waals surface area contributed by atoms with E-state index in [0.717, 1.165) is 0 Å². The number of ether oxygens (including phenoxy) is 1. The van der Waals surface area contributed by atoms with Gasteiger partial charge in [0.2, 0.25) is 5.88 Å². The molecule has 0 spiro atoms. The van der Waals surface area contributed by atoms with Gasteiger partial charge in [-0.2, -0.15) is 0 Å². The highest BCUT2D eigenvalue weighted by molar-refractivity contribution is 6.01. The van der Waals surface area contributed by atoms with Gasteiger partial charge in [-0.3, -0.25) is 4.57 Å². The fourth-order valence-electron chi connectivity index (χ4n) is 2.30. The molecule has 0 radical (unpaired) electrons. The van der Waals surface area contributed by atoms with Crippen molar-refractivity contribution < 1.29 is 9.94 Å². The summed E-state index contributed by atoms with van der Waals surface area (Å²) in [5.74, 6) is 1.77. The van der Waals surface area contributed by atoms with Crippen molar-refractivity contribution in [2.45, 2.75) is 19.8 Å². The Hall–Kier alpha value is -3.15. The van der Waals surface area contributed by atoms with Crippen molar-refractivity contribution in [3.8, 4) is 11.6 Å². The number of nitrogens with zero attached hydrogens (tertiary/aromatic N) is 4. The van der Waals surface area contributed by atoms with Crippen molar-refractivity contribution >= 4 is 5.84 Å². The molecule has 0 fully saturated rings. The van der Waals surface area contributed by atoms with Crippen LogP contribution in [0.25, 0.3) is 0 Å². The summed E-state index contributed by atoms with van der Waals surface area (Å²) in [6.07, 6.45) is 6.46. The monoisotopic (exact) mass is 322 g/mol. The second kappa shape index (κ2) is 6.95. The number of pyridine rings is 1. The van der Waals surface area contributed by atoms with Gasteiger partial charge in [-0.15, -0.1) is 0 Å². The van der Waals surface area contributed by atoms with Gasteiger partial charge in [0, 0.05) is 18.6 Å². The van der Waals surface area contributed by atoms with E-state index in [2.05, 4.69) is 29.0 Å². The van der Waals surface area contributed by atoms with Gasteiger partial charge in [0.25, 0.3) is 0 Å². The second-order valence-corrected chi connectivity index (χ2v) is 5.58. The molecule has 24 heavy (non-hydrogen) atoms. The topological polar surface area (TPSA) is 72.5 Å². The fraction of sp³-hybridized carbons (Fsp3) is 0.167. The summed E-state index contributed by atoms with van der Waals surface area (Å²) in [7, 11) is 0. The van der Waals surface area contributed by atoms with Gasteiger partial charge < -0.3 is 9.94 Å². The summed E-state index contributed by atoms with van der Waals surface area (Å²) >= 11 is 0. The molecule has 0 aliphatic heterocycles. The average Bonchev–Trinajstić information content (AvgIpc) is 3.12. The zero-order valence-electron chi connectivity index (χ0n) is 13.5. The van der Waals surface area contributed by atoms with E-state index in [-0.39, 0.29) is 5.84 Å². The van der Waals surface area contributed by atoms with Gasteiger partial charge in [0.05, 0.1) is 5.56 Å². The van der Waals surface area contributed by atoms with Crippen LogP contribution in [0.15, 0.2) is 66.5 Å². The van der Waals surface area contributed by atoms with E-state index in [1.54, 1.807) is 41.6 Å². The van der Waals surface area contributed by atoms with Crippen LogP contribution in [0.5, 0.6) is 11.6 Å². The second-order valence-electron chi connectivity index (χ2n) is 5.58. The Kier molecular flexibility index (Phi) is 4.56. The molecule has 0 amide bonds. The third kappa shape index (κ3) is 3.27. The predicted octanol–water partition coefficient (Wildman–Crippen LogP) is 3.88. The number of oxime groups is 1. The Morgan fingerprint density at radius 1 is 1.17 bits per heavy atom. The molecule has 0 atom stereocenters. The zero-order valence-corrected chi connectivity index (χ0v) is 13.5. The van der Waals surface area contributed by atoms with E-state index in [4.69, 9.17) is 4.74 Å². The minimum atomic E-state index is 0.286. The molecule has 122 valence electrons. The lowest BCUT2D eigenvalue weighted by atomic mass is 10.0. The van der Waals surface area contributed by atoms with Crippen molar-refractivity contribution in [1.29, 1.82) is 0 Å². The number of benzene rings is 1. The first-order valence-corrected chi connectivity index (χ1v) is 7.62. The van der Waals surface area contributed by atoms with Crippen LogP contribution >= 0.6 is 0 Å². The molecule has 3 rings (SSSR count). The first-order chi connectivity index (χ1) is 11.7. The summed E-state index contributed by atoms with van der Waals surface area (Å²) in [6, 6.07) is 11.4. The third-order valence-corrected chi connectivity index (χ3v) is 3.62. The average molecular weight is 322 g/mol. The summed E-state index contributed by atoms with van der Waals surface area (Å²) in [5.41, 5.74) is 1.80. The molecule has 0 saturated heterocycles. The smallest absolute Gasteiger partial charge is 0.230 e. The Bertz CT molecular complexity index is 824. The van der Waals surface area contributed by atoms with Crippen molar-refractivity contribution in [2.75, 3.05) is 0 Å². The molecule has 2 heterocycles. The lowest BCUT2D eigenvalue weighted by molar-refractivity contribution is 0.317. The highest BCUT2D eigenvalue weighted by atomic mass is 16.5. The van der Waals surface area contributed by atoms with E-state index >= 15 is 0 Å². The van der Waals surface area contributed by atoms with Crippen LogP contribution in [-0.4, -0.2) is 25.6 Å². The number of aromatic nitrogens is 3. The minimum absolute atomic E-state index is 0.286. The molecule has 0 unspecified atom stereocenters. The number of rotatable bonds is 4. The van der Waals surface area contributed by atoms with Crippen LogP contribution in [0, 0.1) is 0 Å². The van der Waals surface area contributed by atoms with E-state index in [9.17, 15) is 5.21 Å². The van der Waals surface area contributed by atoms with Gasteiger partial charge in [0.15, 0.2) is 5.84 Å². The molecule has 1 aromatic carbocycles. The zero-order chi connectivity index (χ0) is 16.9. The van der Waals surface area contributed by atoms with Gasteiger partial charge in [-0.05, 0) is 35.7 Å². The van der Waals surface area contributed by atoms with Crippen LogP contribution in [0.4, 0.5) is 0 Å². The maximum Gasteiger partial charge on any atom is 0.230 e. The highest BCUT2D eigenvalue weighted by Gasteiger charge is 2.15. The third-order valence-electron chi connectivity index (χ3n) is 3.62. The number of imidazole rings is 1. The largest absolute Gasteiger partial charge is 0.438 e. The Balaban J connectivity index is 1.92. The van der Waals surface area contributed by atoms with Gasteiger partial charge >= 0.3 is 0 Å². The standard InChI is InChI=1S/C18H18N4O2/c1-13(2)14-5-7-15(8-6-14)24-18-16(4-3-9-20-18)17(21-23)22-11-10-19-12-22/h3-13,23H,1-2H3/b21-17-. The molecular weight excluding hydrogens is 304 g/mol. The van der Waals surface area contributed by atoms with E-state index in [1.165, 1.54) is 5.56 Å². The van der Waals surface area contributed by atoms with E-state index in [1.807, 2.05) is 24.3 Å². The summed E-state index contributed by atoms with van der Waals surface area (Å²) < 4.78 is 7.48. The maximum atomic E-state index is 9.40. The normalized spacial score (nSPS) is 11.7. The minimum Gasteiger partial charge on any atom is -0.438 e. The quantitative estimate of drug-likeness (QED) is 0.342. The maximum absolute atomic E-state index is 9.40. The molecule has 0 aliphatic carbocycles. The van der Waals surface area contributed by atoms with Crippen molar-refractivity contribution in [3.05, 3.63) is 72.4 Å². The lowest BCUT2D eigenvalue weighted by Crippen LogP contribution is -2.13. The van der Waals surface area contributed by atoms with Crippen molar-refractivity contribution in [3.63, 3.8) is 0 Å². The highest BCUT2D eigenvalue weighted by Crippen LogP contribution is 2.25. The molecule has 1 N–H and O–H groups in total. The van der Waals surface area contributed by atoms with Gasteiger partial charge in [0.1, 0.15) is 12.1 Å². The molecule has 0 saturated carbocycles. The summed E-state index contributed by atoms with van der Waals surface area (Å²) in [4.78, 5) is 8.23. The first kappa shape index (κ1) is 15.7. The molecule has 2 aromatic heterocycles. The first-order valence-electron chi connectivity index (χ1n) is 7.62. The Labute approximate surface area is 140 Å².